The van der Waals surface area contributed by atoms with Gasteiger partial charge in [0.2, 0.25) is 0 Å². The van der Waals surface area contributed by atoms with Gasteiger partial charge < -0.3 is 0 Å². The summed E-state index contributed by atoms with van der Waals surface area (Å²) in [6.07, 6.45) is 0. The van der Waals surface area contributed by atoms with Gasteiger partial charge in [-0.05, 0) is 31.0 Å². The van der Waals surface area contributed by atoms with Crippen LogP contribution in [0.25, 0.3) is 0 Å². The molecule has 0 heterocycles. The molecule has 0 spiro atoms. The molecule has 0 radical (unpaired) electrons. The molecular formula is C10H7FN2. The van der Waals surface area contributed by atoms with Crippen molar-refractivity contribution >= 4 is 0 Å². The third kappa shape index (κ3) is 1.37. The van der Waals surface area contributed by atoms with Gasteiger partial charge in [0.05, 0.1) is 17.2 Å². The molecule has 0 aliphatic rings. The average Bonchev–Trinajstić information content (AvgIpc) is 2.15. The van der Waals surface area contributed by atoms with E-state index in [1.165, 1.54) is 6.07 Å². The first kappa shape index (κ1) is 9.22. The molecule has 0 saturated heterocycles. The summed E-state index contributed by atoms with van der Waals surface area (Å²) >= 11 is 0. The fraction of sp³-hybridized carbons (Fsp3) is 0.200. The molecule has 0 aromatic heterocycles. The van der Waals surface area contributed by atoms with Gasteiger partial charge in [0.1, 0.15) is 11.9 Å². The van der Waals surface area contributed by atoms with Crippen LogP contribution >= 0.6 is 0 Å². The van der Waals surface area contributed by atoms with Crippen molar-refractivity contribution in [3.05, 3.63) is 34.1 Å². The van der Waals surface area contributed by atoms with Crippen LogP contribution < -0.4 is 0 Å². The van der Waals surface area contributed by atoms with Crippen molar-refractivity contribution in [1.82, 2.24) is 0 Å². The van der Waals surface area contributed by atoms with Crippen molar-refractivity contribution in [2.45, 2.75) is 13.8 Å². The predicted molar refractivity (Wildman–Crippen MR) is 45.3 cm³/mol. The van der Waals surface area contributed by atoms with E-state index >= 15 is 0 Å². The number of halogens is 1. The van der Waals surface area contributed by atoms with E-state index in [1.54, 1.807) is 19.9 Å². The van der Waals surface area contributed by atoms with Gasteiger partial charge in [-0.25, -0.2) is 4.39 Å². The lowest BCUT2D eigenvalue weighted by atomic mass is 10.00. The largest absolute Gasteiger partial charge is 0.205 e. The summed E-state index contributed by atoms with van der Waals surface area (Å²) in [5.41, 5.74) is 1.25. The standard InChI is InChI=1S/C10H7FN2/c1-6-7(2)10(11)9(5-13)3-8(6)4-12/h3H,1-2H3. The monoisotopic (exact) mass is 174 g/mol. The first-order valence-corrected chi connectivity index (χ1v) is 3.71. The maximum absolute atomic E-state index is 13.2. The Balaban J connectivity index is 3.60. The first-order valence-electron chi connectivity index (χ1n) is 3.71. The zero-order valence-electron chi connectivity index (χ0n) is 7.35. The number of nitriles is 2. The molecule has 1 aromatic rings. The van der Waals surface area contributed by atoms with Gasteiger partial charge in [-0.1, -0.05) is 0 Å². The van der Waals surface area contributed by atoms with Crippen LogP contribution in [0.4, 0.5) is 4.39 Å². The first-order chi connectivity index (χ1) is 6.11. The van der Waals surface area contributed by atoms with Crippen molar-refractivity contribution in [2.24, 2.45) is 0 Å². The van der Waals surface area contributed by atoms with Crippen molar-refractivity contribution in [3.63, 3.8) is 0 Å². The molecule has 0 saturated carbocycles. The van der Waals surface area contributed by atoms with E-state index < -0.39 is 5.82 Å². The highest BCUT2D eigenvalue weighted by atomic mass is 19.1. The van der Waals surface area contributed by atoms with Gasteiger partial charge in [-0.3, -0.25) is 0 Å². The number of benzene rings is 1. The highest BCUT2D eigenvalue weighted by Gasteiger charge is 2.11. The molecule has 0 aliphatic carbocycles. The Morgan fingerprint density at radius 3 is 2.08 bits per heavy atom. The van der Waals surface area contributed by atoms with Crippen LogP contribution in [0.2, 0.25) is 0 Å². The predicted octanol–water partition coefficient (Wildman–Crippen LogP) is 2.19. The van der Waals surface area contributed by atoms with E-state index in [9.17, 15) is 4.39 Å². The molecule has 3 heteroatoms. The lowest BCUT2D eigenvalue weighted by Gasteiger charge is -2.04. The normalized spacial score (nSPS) is 9.00. The summed E-state index contributed by atoms with van der Waals surface area (Å²) in [6.45, 7) is 3.23. The third-order valence-corrected chi connectivity index (χ3v) is 2.06. The van der Waals surface area contributed by atoms with Gasteiger partial charge in [0.15, 0.2) is 0 Å². The van der Waals surface area contributed by atoms with Crippen molar-refractivity contribution in [3.8, 4) is 12.1 Å². The summed E-state index contributed by atoms with van der Waals surface area (Å²) in [6, 6.07) is 4.91. The van der Waals surface area contributed by atoms with E-state index in [4.69, 9.17) is 10.5 Å². The minimum absolute atomic E-state index is 0.0698. The van der Waals surface area contributed by atoms with Gasteiger partial charge in [-0.15, -0.1) is 0 Å². The van der Waals surface area contributed by atoms with E-state index in [-0.39, 0.29) is 5.56 Å². The molecule has 0 aliphatic heterocycles. The van der Waals surface area contributed by atoms with E-state index in [1.807, 2.05) is 6.07 Å². The third-order valence-electron chi connectivity index (χ3n) is 2.06. The van der Waals surface area contributed by atoms with E-state index in [2.05, 4.69) is 0 Å². The van der Waals surface area contributed by atoms with Crippen LogP contribution in [0.15, 0.2) is 6.07 Å². The summed E-state index contributed by atoms with van der Waals surface area (Å²) < 4.78 is 13.2. The van der Waals surface area contributed by atoms with Gasteiger partial charge in [0.25, 0.3) is 0 Å². The number of hydrogen-bond donors (Lipinski definition) is 0. The quantitative estimate of drug-likeness (QED) is 0.605. The summed E-state index contributed by atoms with van der Waals surface area (Å²) in [5, 5.41) is 17.2. The Bertz CT molecular complexity index is 397. The molecule has 0 bridgehead atoms. The zero-order chi connectivity index (χ0) is 10.0. The number of hydrogen-bond acceptors (Lipinski definition) is 2. The minimum atomic E-state index is -0.529. The molecule has 0 N–H and O–H groups in total. The van der Waals surface area contributed by atoms with E-state index in [0.717, 1.165) is 0 Å². The van der Waals surface area contributed by atoms with Gasteiger partial charge in [-0.2, -0.15) is 10.5 Å². The molecule has 0 atom stereocenters. The van der Waals surface area contributed by atoms with Crippen molar-refractivity contribution in [2.75, 3.05) is 0 Å². The molecule has 0 unspecified atom stereocenters. The Morgan fingerprint density at radius 1 is 1.08 bits per heavy atom. The van der Waals surface area contributed by atoms with Crippen molar-refractivity contribution < 1.29 is 4.39 Å². The topological polar surface area (TPSA) is 47.6 Å². The molecule has 1 rings (SSSR count). The highest BCUT2D eigenvalue weighted by Crippen LogP contribution is 2.19. The Kier molecular flexibility index (Phi) is 2.30. The second-order valence-corrected chi connectivity index (χ2v) is 2.76. The second kappa shape index (κ2) is 3.25. The molecule has 13 heavy (non-hydrogen) atoms. The number of rotatable bonds is 0. The van der Waals surface area contributed by atoms with Crippen LogP contribution in [0.3, 0.4) is 0 Å². The number of nitrogens with zero attached hydrogens (tertiary/aromatic N) is 2. The fourth-order valence-electron chi connectivity index (χ4n) is 1.08. The van der Waals surface area contributed by atoms with Gasteiger partial charge >= 0.3 is 0 Å². The lowest BCUT2D eigenvalue weighted by Crippen LogP contribution is -1.96. The second-order valence-electron chi connectivity index (χ2n) is 2.76. The molecular weight excluding hydrogens is 167 g/mol. The fourth-order valence-corrected chi connectivity index (χ4v) is 1.08. The molecule has 0 fully saturated rings. The summed E-state index contributed by atoms with van der Waals surface area (Å²) in [7, 11) is 0. The Morgan fingerprint density at radius 2 is 1.62 bits per heavy atom. The van der Waals surface area contributed by atoms with E-state index in [0.29, 0.717) is 16.7 Å². The minimum Gasteiger partial charge on any atom is -0.205 e. The highest BCUT2D eigenvalue weighted by molar-refractivity contribution is 5.49. The van der Waals surface area contributed by atoms with Crippen LogP contribution in [0.5, 0.6) is 0 Å². The van der Waals surface area contributed by atoms with Crippen molar-refractivity contribution in [1.29, 1.82) is 10.5 Å². The summed E-state index contributed by atoms with van der Waals surface area (Å²) in [4.78, 5) is 0. The summed E-state index contributed by atoms with van der Waals surface area (Å²) in [5.74, 6) is -0.529. The average molecular weight is 174 g/mol. The maximum atomic E-state index is 13.2. The molecule has 0 amide bonds. The molecule has 64 valence electrons. The van der Waals surface area contributed by atoms with Crippen LogP contribution in [0, 0.1) is 42.3 Å². The molecule has 2 nitrogen and oxygen atoms in total. The molecule has 1 aromatic carbocycles. The van der Waals surface area contributed by atoms with Crippen LogP contribution in [0.1, 0.15) is 22.3 Å². The SMILES string of the molecule is Cc1c(C#N)cc(C#N)c(F)c1C. The maximum Gasteiger partial charge on any atom is 0.144 e. The Labute approximate surface area is 75.8 Å². The van der Waals surface area contributed by atoms with Crippen LogP contribution in [-0.2, 0) is 0 Å². The Hall–Kier alpha value is -1.87. The lowest BCUT2D eigenvalue weighted by molar-refractivity contribution is 0.612. The van der Waals surface area contributed by atoms with Crippen LogP contribution in [-0.4, -0.2) is 0 Å². The smallest absolute Gasteiger partial charge is 0.144 e. The van der Waals surface area contributed by atoms with Gasteiger partial charge in [0, 0.05) is 0 Å². The zero-order valence-corrected chi connectivity index (χ0v) is 7.35.